The molecule has 1 aliphatic rings. The molecule has 0 radical (unpaired) electrons. The zero-order valence-electron chi connectivity index (χ0n) is 21.0. The second-order valence-electron chi connectivity index (χ2n) is 9.71. The normalized spacial score (nSPS) is 16.6. The molecule has 0 aliphatic carbocycles. The number of aromatic nitrogens is 1. The van der Waals surface area contributed by atoms with Crippen molar-refractivity contribution in [3.05, 3.63) is 77.2 Å². The molecule has 3 aromatic rings. The quantitative estimate of drug-likeness (QED) is 0.429. The van der Waals surface area contributed by atoms with E-state index < -0.39 is 21.7 Å². The Labute approximate surface area is 213 Å². The standard InChI is InChI=1S/C28H31FN2O4S/c1-5-35-27(33)23-16-21-17-31(36(34)28(2,3)4)24(12-13-32)25(21)26(30-23)20-10-6-8-18(14-20)19-9-7-11-22(29)15-19/h6-11,14-16,24,32H,5,12-13,17H2,1-4H3/t24-,36-/m0/s1. The Morgan fingerprint density at radius 2 is 1.81 bits per heavy atom. The number of fused-ring (bicyclic) bond motifs is 1. The van der Waals surface area contributed by atoms with Crippen LogP contribution in [0.3, 0.4) is 0 Å². The number of ether oxygens (including phenoxy) is 1. The number of aliphatic hydroxyl groups excluding tert-OH is 1. The fraction of sp³-hybridized carbons (Fsp3) is 0.357. The van der Waals surface area contributed by atoms with Gasteiger partial charge in [-0.05, 0) is 75.1 Å². The van der Waals surface area contributed by atoms with Crippen LogP contribution in [0.5, 0.6) is 0 Å². The number of carbonyl (C=O) groups is 1. The molecule has 1 aromatic heterocycles. The molecule has 0 bridgehead atoms. The lowest BCUT2D eigenvalue weighted by atomic mass is 9.94. The van der Waals surface area contributed by atoms with E-state index in [1.165, 1.54) is 12.1 Å². The molecule has 4 rings (SSSR count). The molecule has 0 amide bonds. The molecule has 0 saturated heterocycles. The third-order valence-corrected chi connectivity index (χ3v) is 7.93. The second-order valence-corrected chi connectivity index (χ2v) is 11.9. The highest BCUT2D eigenvalue weighted by Gasteiger charge is 2.40. The summed E-state index contributed by atoms with van der Waals surface area (Å²) in [5.41, 5.74) is 4.67. The highest BCUT2D eigenvalue weighted by molar-refractivity contribution is 7.84. The third-order valence-electron chi connectivity index (χ3n) is 6.07. The summed E-state index contributed by atoms with van der Waals surface area (Å²) in [6.45, 7) is 7.95. The number of hydrogen-bond acceptors (Lipinski definition) is 5. The first-order valence-electron chi connectivity index (χ1n) is 12.0. The number of carbonyl (C=O) groups excluding carboxylic acids is 1. The SMILES string of the molecule is CCOC(=O)c1cc2c(c(-c3cccc(-c4cccc(F)c4)c3)n1)[C@H](CCO)N([S@@](=O)C(C)(C)C)C2. The van der Waals surface area contributed by atoms with Crippen molar-refractivity contribution >= 4 is 17.0 Å². The first-order chi connectivity index (χ1) is 17.1. The van der Waals surface area contributed by atoms with Crippen LogP contribution in [0, 0.1) is 5.82 Å². The van der Waals surface area contributed by atoms with Gasteiger partial charge in [-0.2, -0.15) is 0 Å². The molecule has 1 N–H and O–H groups in total. The first kappa shape index (κ1) is 26.1. The van der Waals surface area contributed by atoms with Crippen LogP contribution in [0.2, 0.25) is 0 Å². The molecule has 0 fully saturated rings. The summed E-state index contributed by atoms with van der Waals surface area (Å²) in [4.78, 5) is 17.4. The van der Waals surface area contributed by atoms with E-state index in [0.717, 1.165) is 27.8 Å². The fourth-order valence-corrected chi connectivity index (χ4v) is 5.91. The van der Waals surface area contributed by atoms with E-state index in [2.05, 4.69) is 0 Å². The van der Waals surface area contributed by atoms with E-state index in [1.54, 1.807) is 19.1 Å². The lowest BCUT2D eigenvalue weighted by Crippen LogP contribution is -2.36. The van der Waals surface area contributed by atoms with Gasteiger partial charge in [0.1, 0.15) is 22.5 Å². The van der Waals surface area contributed by atoms with Crippen molar-refractivity contribution in [1.29, 1.82) is 0 Å². The van der Waals surface area contributed by atoms with Crippen molar-refractivity contribution < 1.29 is 23.2 Å². The maximum absolute atomic E-state index is 13.9. The molecule has 0 saturated carbocycles. The Bertz CT molecular complexity index is 1300. The topological polar surface area (TPSA) is 79.7 Å². The summed E-state index contributed by atoms with van der Waals surface area (Å²) in [6, 6.07) is 15.3. The summed E-state index contributed by atoms with van der Waals surface area (Å²) in [6.07, 6.45) is 0.367. The van der Waals surface area contributed by atoms with Crippen LogP contribution in [0.15, 0.2) is 54.6 Å². The lowest BCUT2D eigenvalue weighted by Gasteiger charge is -2.30. The largest absolute Gasteiger partial charge is 0.461 e. The molecule has 190 valence electrons. The summed E-state index contributed by atoms with van der Waals surface area (Å²) in [5.74, 6) is -0.860. The number of pyridine rings is 1. The average molecular weight is 511 g/mol. The Balaban J connectivity index is 1.90. The van der Waals surface area contributed by atoms with Gasteiger partial charge in [0, 0.05) is 24.3 Å². The predicted octanol–water partition coefficient (Wildman–Crippen LogP) is 5.43. The minimum atomic E-state index is -1.36. The van der Waals surface area contributed by atoms with Crippen LogP contribution in [-0.4, -0.2) is 42.5 Å². The smallest absolute Gasteiger partial charge is 0.356 e. The Hall–Kier alpha value is -2.94. The number of esters is 1. The van der Waals surface area contributed by atoms with Crippen molar-refractivity contribution in [1.82, 2.24) is 9.29 Å². The zero-order valence-corrected chi connectivity index (χ0v) is 21.8. The van der Waals surface area contributed by atoms with Gasteiger partial charge in [-0.25, -0.2) is 22.7 Å². The van der Waals surface area contributed by atoms with Gasteiger partial charge in [-0.1, -0.05) is 30.3 Å². The van der Waals surface area contributed by atoms with Gasteiger partial charge in [0.25, 0.3) is 0 Å². The number of benzene rings is 2. The van der Waals surface area contributed by atoms with Crippen LogP contribution in [0.25, 0.3) is 22.4 Å². The highest BCUT2D eigenvalue weighted by atomic mass is 32.2. The molecule has 0 unspecified atom stereocenters. The minimum Gasteiger partial charge on any atom is -0.461 e. The van der Waals surface area contributed by atoms with E-state index in [9.17, 15) is 18.5 Å². The fourth-order valence-electron chi connectivity index (χ4n) is 4.51. The average Bonchev–Trinajstić information content (AvgIpc) is 3.21. The van der Waals surface area contributed by atoms with Gasteiger partial charge in [-0.15, -0.1) is 0 Å². The third kappa shape index (κ3) is 5.26. The molecule has 8 heteroatoms. The Morgan fingerprint density at radius 3 is 2.44 bits per heavy atom. The van der Waals surface area contributed by atoms with Crippen LogP contribution in [0.1, 0.15) is 61.8 Å². The summed E-state index contributed by atoms with van der Waals surface area (Å²) in [7, 11) is -1.36. The minimum absolute atomic E-state index is 0.0929. The van der Waals surface area contributed by atoms with Gasteiger partial charge < -0.3 is 9.84 Å². The summed E-state index contributed by atoms with van der Waals surface area (Å²) < 4.78 is 34.0. The molecule has 2 heterocycles. The molecule has 0 spiro atoms. The van der Waals surface area contributed by atoms with Gasteiger partial charge in [-0.3, -0.25) is 0 Å². The number of nitrogens with zero attached hydrogens (tertiary/aromatic N) is 2. The van der Waals surface area contributed by atoms with Crippen molar-refractivity contribution in [2.45, 2.75) is 51.4 Å². The summed E-state index contributed by atoms with van der Waals surface area (Å²) >= 11 is 0. The van der Waals surface area contributed by atoms with Crippen LogP contribution >= 0.6 is 0 Å². The van der Waals surface area contributed by atoms with E-state index in [1.807, 2.05) is 55.4 Å². The maximum Gasteiger partial charge on any atom is 0.356 e. The zero-order chi connectivity index (χ0) is 26.0. The Kier molecular flexibility index (Phi) is 7.68. The van der Waals surface area contributed by atoms with E-state index in [4.69, 9.17) is 9.72 Å². The van der Waals surface area contributed by atoms with Gasteiger partial charge >= 0.3 is 5.97 Å². The van der Waals surface area contributed by atoms with Crippen molar-refractivity contribution in [3.63, 3.8) is 0 Å². The molecule has 6 nitrogen and oxygen atoms in total. The number of aliphatic hydroxyl groups is 1. The van der Waals surface area contributed by atoms with Gasteiger partial charge in [0.05, 0.1) is 23.1 Å². The van der Waals surface area contributed by atoms with Crippen LogP contribution in [-0.2, 0) is 22.3 Å². The number of halogens is 1. The van der Waals surface area contributed by atoms with Crippen LogP contribution < -0.4 is 0 Å². The summed E-state index contributed by atoms with van der Waals surface area (Å²) in [5, 5.41) is 9.89. The van der Waals surface area contributed by atoms with Gasteiger partial charge in [0.15, 0.2) is 0 Å². The van der Waals surface area contributed by atoms with Crippen molar-refractivity contribution in [2.24, 2.45) is 0 Å². The van der Waals surface area contributed by atoms with Gasteiger partial charge in [0.2, 0.25) is 0 Å². The molecular weight excluding hydrogens is 479 g/mol. The van der Waals surface area contributed by atoms with Crippen LogP contribution in [0.4, 0.5) is 4.39 Å². The van der Waals surface area contributed by atoms with E-state index >= 15 is 0 Å². The second kappa shape index (κ2) is 10.6. The van der Waals surface area contributed by atoms with E-state index in [-0.39, 0.29) is 30.8 Å². The van der Waals surface area contributed by atoms with Crippen molar-refractivity contribution in [2.75, 3.05) is 13.2 Å². The van der Waals surface area contributed by atoms with E-state index in [0.29, 0.717) is 18.7 Å². The maximum atomic E-state index is 13.9. The molecule has 2 aromatic carbocycles. The molecule has 36 heavy (non-hydrogen) atoms. The predicted molar refractivity (Wildman–Crippen MR) is 139 cm³/mol. The highest BCUT2D eigenvalue weighted by Crippen LogP contribution is 2.44. The molecule has 2 atom stereocenters. The molecular formula is C28H31FN2O4S. The van der Waals surface area contributed by atoms with Crippen molar-refractivity contribution in [3.8, 4) is 22.4 Å². The lowest BCUT2D eigenvalue weighted by molar-refractivity contribution is 0.0519. The first-order valence-corrected chi connectivity index (χ1v) is 13.1. The number of rotatable bonds is 7. The molecule has 1 aliphatic heterocycles. The monoisotopic (exact) mass is 510 g/mol. The Morgan fingerprint density at radius 1 is 1.14 bits per heavy atom. The number of hydrogen-bond donors (Lipinski definition) is 1.